The van der Waals surface area contributed by atoms with Crippen molar-refractivity contribution < 1.29 is 0 Å². The van der Waals surface area contributed by atoms with Crippen LogP contribution in [0.4, 0.5) is 0 Å². The minimum absolute atomic E-state index is 0.299. The normalized spacial score (nSPS) is 12.4. The monoisotopic (exact) mass is 415 g/mol. The van der Waals surface area contributed by atoms with E-state index in [1.165, 1.54) is 51.8 Å². The Labute approximate surface area is 180 Å². The van der Waals surface area contributed by atoms with Crippen molar-refractivity contribution in [1.29, 1.82) is 0 Å². The molecule has 0 aliphatic heterocycles. The van der Waals surface area contributed by atoms with Gasteiger partial charge in [-0.15, -0.1) is 22.7 Å². The highest BCUT2D eigenvalue weighted by Gasteiger charge is 2.16. The van der Waals surface area contributed by atoms with Gasteiger partial charge in [-0.05, 0) is 59.7 Å². The van der Waals surface area contributed by atoms with Gasteiger partial charge in [0.2, 0.25) is 0 Å². The highest BCUT2D eigenvalue weighted by molar-refractivity contribution is 7.27. The standard InChI is InChI=1S/C26H25NS2/c1-15-12-22(28-16(15)2)23-25-21(10-11-27-23)20-9-7-18-13-17(14-26(3,4)5)6-8-19(18)24(20)29-25/h6-13H,14H2,1-5H3. The van der Waals surface area contributed by atoms with Crippen molar-refractivity contribution in [3.8, 4) is 10.6 Å². The lowest BCUT2D eigenvalue weighted by molar-refractivity contribution is 0.411. The average Bonchev–Trinajstić information content (AvgIpc) is 3.20. The van der Waals surface area contributed by atoms with E-state index in [9.17, 15) is 0 Å². The number of pyridine rings is 1. The molecule has 0 aliphatic carbocycles. The Morgan fingerprint density at radius 2 is 1.59 bits per heavy atom. The third kappa shape index (κ3) is 3.27. The first-order valence-electron chi connectivity index (χ1n) is 10.1. The van der Waals surface area contributed by atoms with Gasteiger partial charge in [0.1, 0.15) is 0 Å². The fraction of sp³-hybridized carbons (Fsp3) is 0.269. The fourth-order valence-electron chi connectivity index (χ4n) is 4.13. The van der Waals surface area contributed by atoms with Crippen molar-refractivity contribution in [3.05, 3.63) is 64.7 Å². The molecule has 0 fully saturated rings. The van der Waals surface area contributed by atoms with Crippen LogP contribution >= 0.6 is 22.7 Å². The molecular weight excluding hydrogens is 390 g/mol. The molecular formula is C26H25NS2. The van der Waals surface area contributed by atoms with E-state index in [2.05, 4.69) is 77.1 Å². The smallest absolute Gasteiger partial charge is 0.0980 e. The SMILES string of the molecule is Cc1cc(-c2nccc3c2sc2c4ccc(CC(C)(C)C)cc4ccc32)sc1C. The Morgan fingerprint density at radius 1 is 0.828 bits per heavy atom. The number of aromatic nitrogens is 1. The lowest BCUT2D eigenvalue weighted by Gasteiger charge is -2.18. The van der Waals surface area contributed by atoms with Crippen molar-refractivity contribution in [1.82, 2.24) is 4.98 Å². The van der Waals surface area contributed by atoms with E-state index in [0.717, 1.165) is 12.1 Å². The van der Waals surface area contributed by atoms with Crippen molar-refractivity contribution in [2.24, 2.45) is 5.41 Å². The zero-order valence-corrected chi connectivity index (χ0v) is 19.2. The van der Waals surface area contributed by atoms with Gasteiger partial charge in [0.05, 0.1) is 15.3 Å². The van der Waals surface area contributed by atoms with E-state index in [1.807, 2.05) is 28.9 Å². The lowest BCUT2D eigenvalue weighted by atomic mass is 9.87. The van der Waals surface area contributed by atoms with E-state index in [1.54, 1.807) is 0 Å². The van der Waals surface area contributed by atoms with Gasteiger partial charge >= 0.3 is 0 Å². The molecule has 0 atom stereocenters. The van der Waals surface area contributed by atoms with Crippen LogP contribution in [0.25, 0.3) is 41.5 Å². The summed E-state index contributed by atoms with van der Waals surface area (Å²) in [5.74, 6) is 0. The molecule has 0 saturated carbocycles. The van der Waals surface area contributed by atoms with Crippen molar-refractivity contribution in [2.75, 3.05) is 0 Å². The summed E-state index contributed by atoms with van der Waals surface area (Å²) in [7, 11) is 0. The molecule has 5 rings (SSSR count). The van der Waals surface area contributed by atoms with Crippen LogP contribution in [0, 0.1) is 19.3 Å². The number of hydrogen-bond acceptors (Lipinski definition) is 3. The molecule has 1 nitrogen and oxygen atoms in total. The summed E-state index contributed by atoms with van der Waals surface area (Å²) in [5.41, 5.74) is 4.19. The fourth-order valence-corrected chi connectivity index (χ4v) is 6.56. The molecule has 3 heterocycles. The van der Waals surface area contributed by atoms with Crippen molar-refractivity contribution in [2.45, 2.75) is 41.0 Å². The predicted octanol–water partition coefficient (Wildman–Crippen LogP) is 8.54. The van der Waals surface area contributed by atoms with Crippen LogP contribution in [0.15, 0.2) is 48.7 Å². The molecule has 0 spiro atoms. The highest BCUT2D eigenvalue weighted by Crippen LogP contribution is 2.43. The number of nitrogens with zero attached hydrogens (tertiary/aromatic N) is 1. The molecule has 3 aromatic heterocycles. The molecule has 29 heavy (non-hydrogen) atoms. The maximum Gasteiger partial charge on any atom is 0.0980 e. The average molecular weight is 416 g/mol. The zero-order valence-electron chi connectivity index (χ0n) is 17.6. The molecule has 5 aromatic rings. The number of thiophene rings is 2. The maximum absolute atomic E-state index is 4.78. The van der Waals surface area contributed by atoms with E-state index >= 15 is 0 Å². The predicted molar refractivity (Wildman–Crippen MR) is 131 cm³/mol. The minimum atomic E-state index is 0.299. The first-order chi connectivity index (χ1) is 13.8. The summed E-state index contributed by atoms with van der Waals surface area (Å²) in [4.78, 5) is 7.43. The maximum atomic E-state index is 4.78. The highest BCUT2D eigenvalue weighted by atomic mass is 32.1. The second kappa shape index (κ2) is 6.65. The van der Waals surface area contributed by atoms with Crippen LogP contribution in [0.3, 0.4) is 0 Å². The first kappa shape index (κ1) is 18.8. The van der Waals surface area contributed by atoms with Gasteiger partial charge in [-0.25, -0.2) is 0 Å². The molecule has 0 amide bonds. The molecule has 146 valence electrons. The van der Waals surface area contributed by atoms with E-state index < -0.39 is 0 Å². The summed E-state index contributed by atoms with van der Waals surface area (Å²) >= 11 is 3.74. The quantitative estimate of drug-likeness (QED) is 0.281. The van der Waals surface area contributed by atoms with Crippen LogP contribution in [0.5, 0.6) is 0 Å². The van der Waals surface area contributed by atoms with Gasteiger partial charge in [0.25, 0.3) is 0 Å². The van der Waals surface area contributed by atoms with Crippen LogP contribution in [-0.4, -0.2) is 4.98 Å². The van der Waals surface area contributed by atoms with Gasteiger partial charge in [0, 0.05) is 26.5 Å². The molecule has 0 unspecified atom stereocenters. The Hall–Kier alpha value is -2.23. The Bertz CT molecular complexity index is 1360. The zero-order chi connectivity index (χ0) is 20.3. The molecule has 0 saturated heterocycles. The van der Waals surface area contributed by atoms with Crippen LogP contribution in [0.1, 0.15) is 36.8 Å². The Balaban J connectivity index is 1.74. The summed E-state index contributed by atoms with van der Waals surface area (Å²) in [5, 5.41) is 5.35. The number of rotatable bonds is 2. The van der Waals surface area contributed by atoms with Gasteiger partial charge in [0.15, 0.2) is 0 Å². The number of hydrogen-bond donors (Lipinski definition) is 0. The molecule has 0 N–H and O–H groups in total. The summed E-state index contributed by atoms with van der Waals surface area (Å²) in [6.45, 7) is 11.3. The van der Waals surface area contributed by atoms with Crippen LogP contribution < -0.4 is 0 Å². The number of aryl methyl sites for hydroxylation is 2. The summed E-state index contributed by atoms with van der Waals surface area (Å²) in [6, 6.07) is 16.0. The lowest BCUT2D eigenvalue weighted by Crippen LogP contribution is -2.08. The van der Waals surface area contributed by atoms with Gasteiger partial charge in [-0.2, -0.15) is 0 Å². The third-order valence-corrected chi connectivity index (χ3v) is 7.99. The Morgan fingerprint density at radius 3 is 2.31 bits per heavy atom. The Kier molecular flexibility index (Phi) is 4.30. The largest absolute Gasteiger partial charge is 0.254 e. The molecule has 3 heteroatoms. The van der Waals surface area contributed by atoms with Crippen molar-refractivity contribution in [3.63, 3.8) is 0 Å². The van der Waals surface area contributed by atoms with Crippen LogP contribution in [-0.2, 0) is 6.42 Å². The van der Waals surface area contributed by atoms with E-state index in [-0.39, 0.29) is 0 Å². The third-order valence-electron chi connectivity index (χ3n) is 5.57. The van der Waals surface area contributed by atoms with Crippen LogP contribution in [0.2, 0.25) is 0 Å². The molecule has 2 aromatic carbocycles. The molecule has 0 aliphatic rings. The number of benzene rings is 2. The van der Waals surface area contributed by atoms with Gasteiger partial charge in [-0.1, -0.05) is 51.1 Å². The topological polar surface area (TPSA) is 12.9 Å². The van der Waals surface area contributed by atoms with Gasteiger partial charge in [-0.3, -0.25) is 4.98 Å². The minimum Gasteiger partial charge on any atom is -0.254 e. The van der Waals surface area contributed by atoms with E-state index in [4.69, 9.17) is 4.98 Å². The summed E-state index contributed by atoms with van der Waals surface area (Å²) in [6.07, 6.45) is 3.06. The van der Waals surface area contributed by atoms with E-state index in [0.29, 0.717) is 5.41 Å². The second-order valence-electron chi connectivity index (χ2n) is 9.22. The molecule has 0 bridgehead atoms. The molecule has 0 radical (unpaired) electrons. The first-order valence-corrected chi connectivity index (χ1v) is 11.7. The number of fused-ring (bicyclic) bond motifs is 5. The van der Waals surface area contributed by atoms with Gasteiger partial charge < -0.3 is 0 Å². The summed E-state index contributed by atoms with van der Waals surface area (Å²) < 4.78 is 2.68. The van der Waals surface area contributed by atoms with Crippen molar-refractivity contribution >= 4 is 53.6 Å². The second-order valence-corrected chi connectivity index (χ2v) is 11.5.